The second kappa shape index (κ2) is 7.04. The summed E-state index contributed by atoms with van der Waals surface area (Å²) >= 11 is -0.0480. The predicted octanol–water partition coefficient (Wildman–Crippen LogP) is 4.43. The van der Waals surface area contributed by atoms with Gasteiger partial charge < -0.3 is 5.32 Å². The van der Waals surface area contributed by atoms with E-state index in [1.54, 1.807) is 18.2 Å². The van der Waals surface area contributed by atoms with E-state index in [1.165, 1.54) is 6.07 Å². The average molecular weight is 277 g/mol. The van der Waals surface area contributed by atoms with E-state index in [-0.39, 0.29) is 16.7 Å². The van der Waals surface area contributed by atoms with Gasteiger partial charge in [0.2, 0.25) is 0 Å². The number of rotatable bonds is 6. The van der Waals surface area contributed by atoms with E-state index < -0.39 is 5.51 Å². The molecule has 0 heterocycles. The van der Waals surface area contributed by atoms with Crippen molar-refractivity contribution >= 4 is 11.8 Å². The summed E-state index contributed by atoms with van der Waals surface area (Å²) in [4.78, 5) is 0.279. The zero-order valence-corrected chi connectivity index (χ0v) is 11.4. The zero-order chi connectivity index (χ0) is 13.6. The number of hydrogen-bond acceptors (Lipinski definition) is 2. The first kappa shape index (κ1) is 15.4. The minimum atomic E-state index is -4.23. The Morgan fingerprint density at radius 2 is 1.94 bits per heavy atom. The largest absolute Gasteiger partial charge is 0.446 e. The van der Waals surface area contributed by atoms with Crippen LogP contribution < -0.4 is 5.32 Å². The van der Waals surface area contributed by atoms with Gasteiger partial charge >= 0.3 is 5.51 Å². The fourth-order valence-electron chi connectivity index (χ4n) is 1.47. The van der Waals surface area contributed by atoms with Gasteiger partial charge in [-0.2, -0.15) is 13.2 Å². The van der Waals surface area contributed by atoms with Crippen molar-refractivity contribution in [2.24, 2.45) is 5.92 Å². The van der Waals surface area contributed by atoms with Gasteiger partial charge in [0.15, 0.2) is 0 Å². The summed E-state index contributed by atoms with van der Waals surface area (Å²) in [6, 6.07) is 6.64. The lowest BCUT2D eigenvalue weighted by atomic mass is 10.1. The Morgan fingerprint density at radius 1 is 1.28 bits per heavy atom. The summed E-state index contributed by atoms with van der Waals surface area (Å²) in [5.41, 5.74) is -3.53. The Morgan fingerprint density at radius 3 is 2.56 bits per heavy atom. The van der Waals surface area contributed by atoms with Crippen LogP contribution in [0.15, 0.2) is 29.2 Å². The molecule has 0 radical (unpaired) electrons. The SMILES string of the molecule is CCC(C)CNCc1ccccc1SC(F)(F)F. The van der Waals surface area contributed by atoms with Crippen LogP contribution in [-0.2, 0) is 6.54 Å². The zero-order valence-electron chi connectivity index (χ0n) is 10.6. The van der Waals surface area contributed by atoms with Crippen LogP contribution in [0.25, 0.3) is 0 Å². The molecule has 0 bridgehead atoms. The fourth-order valence-corrected chi connectivity index (χ4v) is 2.14. The molecule has 0 aliphatic rings. The molecule has 1 nitrogen and oxygen atoms in total. The van der Waals surface area contributed by atoms with E-state index in [9.17, 15) is 13.2 Å². The Hall–Kier alpha value is -0.680. The highest BCUT2D eigenvalue weighted by molar-refractivity contribution is 8.00. The summed E-state index contributed by atoms with van der Waals surface area (Å²) in [7, 11) is 0. The maximum Gasteiger partial charge on any atom is 0.446 e. The van der Waals surface area contributed by atoms with Gasteiger partial charge in [-0.15, -0.1) is 0 Å². The van der Waals surface area contributed by atoms with Crippen LogP contribution in [0.2, 0.25) is 0 Å². The Balaban J connectivity index is 2.59. The highest BCUT2D eigenvalue weighted by Crippen LogP contribution is 2.38. The predicted molar refractivity (Wildman–Crippen MR) is 69.5 cm³/mol. The third kappa shape index (κ3) is 5.78. The molecule has 0 aliphatic carbocycles. The second-order valence-electron chi connectivity index (χ2n) is 4.30. The standard InChI is InChI=1S/C13H18F3NS/c1-3-10(2)8-17-9-11-6-4-5-7-12(11)18-13(14,15)16/h4-7,10,17H,3,8-9H2,1-2H3. The Labute approximate surface area is 110 Å². The molecule has 102 valence electrons. The number of alkyl halides is 3. The van der Waals surface area contributed by atoms with Crippen molar-refractivity contribution in [1.82, 2.24) is 5.32 Å². The molecule has 1 aromatic rings. The van der Waals surface area contributed by atoms with Crippen molar-refractivity contribution in [3.63, 3.8) is 0 Å². The van der Waals surface area contributed by atoms with Crippen LogP contribution in [0.1, 0.15) is 25.8 Å². The first-order valence-corrected chi connectivity index (χ1v) is 6.78. The van der Waals surface area contributed by atoms with E-state index in [4.69, 9.17) is 0 Å². The van der Waals surface area contributed by atoms with Crippen molar-refractivity contribution in [2.75, 3.05) is 6.54 Å². The Bertz CT molecular complexity index is 365. The molecule has 0 aliphatic heterocycles. The average Bonchev–Trinajstić information content (AvgIpc) is 2.29. The number of halogens is 3. The third-order valence-corrected chi connectivity index (χ3v) is 3.55. The van der Waals surface area contributed by atoms with Gasteiger partial charge in [-0.3, -0.25) is 0 Å². The van der Waals surface area contributed by atoms with E-state index in [0.717, 1.165) is 13.0 Å². The van der Waals surface area contributed by atoms with E-state index >= 15 is 0 Å². The summed E-state index contributed by atoms with van der Waals surface area (Å²) in [6.07, 6.45) is 1.06. The molecule has 1 rings (SSSR count). The van der Waals surface area contributed by atoms with Crippen molar-refractivity contribution in [3.8, 4) is 0 Å². The lowest BCUT2D eigenvalue weighted by Crippen LogP contribution is -2.20. The minimum absolute atomic E-state index is 0.0480. The molecule has 0 saturated heterocycles. The maximum atomic E-state index is 12.4. The quantitative estimate of drug-likeness (QED) is 0.772. The molecule has 5 heteroatoms. The molecule has 0 aromatic heterocycles. The first-order valence-electron chi connectivity index (χ1n) is 5.96. The van der Waals surface area contributed by atoms with Crippen molar-refractivity contribution in [3.05, 3.63) is 29.8 Å². The van der Waals surface area contributed by atoms with Gasteiger partial charge in [0.25, 0.3) is 0 Å². The van der Waals surface area contributed by atoms with Gasteiger partial charge in [-0.1, -0.05) is 38.5 Å². The molecule has 0 saturated carbocycles. The van der Waals surface area contributed by atoms with Crippen LogP contribution in [-0.4, -0.2) is 12.1 Å². The summed E-state index contributed by atoms with van der Waals surface area (Å²) in [5.74, 6) is 0.535. The van der Waals surface area contributed by atoms with E-state index in [2.05, 4.69) is 19.2 Å². The monoisotopic (exact) mass is 277 g/mol. The normalized spacial score (nSPS) is 13.6. The molecule has 1 unspecified atom stereocenters. The Kier molecular flexibility index (Phi) is 6.02. The summed E-state index contributed by atoms with van der Waals surface area (Å²) < 4.78 is 37.1. The first-order chi connectivity index (χ1) is 8.42. The molecule has 1 atom stereocenters. The van der Waals surface area contributed by atoms with Crippen LogP contribution in [0.3, 0.4) is 0 Å². The van der Waals surface area contributed by atoms with Gasteiger partial charge in [-0.05, 0) is 35.9 Å². The van der Waals surface area contributed by atoms with Crippen LogP contribution in [0, 0.1) is 5.92 Å². The molecule has 0 fully saturated rings. The van der Waals surface area contributed by atoms with Crippen molar-refractivity contribution in [1.29, 1.82) is 0 Å². The van der Waals surface area contributed by atoms with Crippen LogP contribution in [0.5, 0.6) is 0 Å². The number of benzene rings is 1. The maximum absolute atomic E-state index is 12.4. The third-order valence-electron chi connectivity index (χ3n) is 2.70. The molecule has 1 N–H and O–H groups in total. The highest BCUT2D eigenvalue weighted by atomic mass is 32.2. The topological polar surface area (TPSA) is 12.0 Å². The minimum Gasteiger partial charge on any atom is -0.312 e. The van der Waals surface area contributed by atoms with E-state index in [0.29, 0.717) is 18.0 Å². The molecular formula is C13H18F3NS. The van der Waals surface area contributed by atoms with E-state index in [1.807, 2.05) is 0 Å². The number of nitrogens with one attached hydrogen (secondary N) is 1. The molecule has 0 amide bonds. The van der Waals surface area contributed by atoms with Crippen LogP contribution >= 0.6 is 11.8 Å². The lowest BCUT2D eigenvalue weighted by Gasteiger charge is -2.13. The molecule has 18 heavy (non-hydrogen) atoms. The number of thioether (sulfide) groups is 1. The molecular weight excluding hydrogens is 259 g/mol. The van der Waals surface area contributed by atoms with Crippen molar-refractivity contribution in [2.45, 2.75) is 37.2 Å². The lowest BCUT2D eigenvalue weighted by molar-refractivity contribution is -0.0328. The second-order valence-corrected chi connectivity index (χ2v) is 5.41. The molecule has 0 spiro atoms. The van der Waals surface area contributed by atoms with Gasteiger partial charge in [0.05, 0.1) is 0 Å². The summed E-state index contributed by atoms with van der Waals surface area (Å²) in [5, 5.41) is 3.20. The smallest absolute Gasteiger partial charge is 0.312 e. The number of hydrogen-bond donors (Lipinski definition) is 1. The molecule has 1 aromatic carbocycles. The highest BCUT2D eigenvalue weighted by Gasteiger charge is 2.30. The van der Waals surface area contributed by atoms with Gasteiger partial charge in [0, 0.05) is 11.4 Å². The van der Waals surface area contributed by atoms with Gasteiger partial charge in [-0.25, -0.2) is 0 Å². The fraction of sp³-hybridized carbons (Fsp3) is 0.538. The summed E-state index contributed by atoms with van der Waals surface area (Å²) in [6.45, 7) is 5.51. The van der Waals surface area contributed by atoms with Crippen LogP contribution in [0.4, 0.5) is 13.2 Å². The van der Waals surface area contributed by atoms with Gasteiger partial charge in [0.1, 0.15) is 0 Å². The van der Waals surface area contributed by atoms with Crippen molar-refractivity contribution < 1.29 is 13.2 Å².